The zero-order valence-corrected chi connectivity index (χ0v) is 12.9. The van der Waals surface area contributed by atoms with E-state index in [2.05, 4.69) is 33.5 Å². The van der Waals surface area contributed by atoms with Crippen LogP contribution in [-0.2, 0) is 12.8 Å². The highest BCUT2D eigenvalue weighted by Crippen LogP contribution is 2.30. The SMILES string of the molecule is CSc1nc(Cl)cc(Nc2cccc3c2CCCC3)n1. The number of hydrogen-bond donors (Lipinski definition) is 1. The number of anilines is 2. The molecule has 1 aromatic carbocycles. The maximum Gasteiger partial charge on any atom is 0.190 e. The second kappa shape index (κ2) is 6.02. The Hall–Kier alpha value is -1.26. The minimum atomic E-state index is 0.469. The zero-order chi connectivity index (χ0) is 13.9. The van der Waals surface area contributed by atoms with Crippen molar-refractivity contribution in [1.82, 2.24) is 9.97 Å². The summed E-state index contributed by atoms with van der Waals surface area (Å²) in [6.45, 7) is 0. The number of halogens is 1. The van der Waals surface area contributed by atoms with E-state index in [1.54, 1.807) is 6.07 Å². The van der Waals surface area contributed by atoms with Gasteiger partial charge in [0.2, 0.25) is 0 Å². The second-order valence-electron chi connectivity index (χ2n) is 4.84. The van der Waals surface area contributed by atoms with Crippen molar-refractivity contribution in [2.24, 2.45) is 0 Å². The van der Waals surface area contributed by atoms with E-state index in [9.17, 15) is 0 Å². The fraction of sp³-hybridized carbons (Fsp3) is 0.333. The highest BCUT2D eigenvalue weighted by molar-refractivity contribution is 7.98. The number of benzene rings is 1. The molecule has 0 bridgehead atoms. The van der Waals surface area contributed by atoms with Crippen LogP contribution in [0.2, 0.25) is 5.15 Å². The van der Waals surface area contributed by atoms with Gasteiger partial charge in [-0.05, 0) is 49.1 Å². The summed E-state index contributed by atoms with van der Waals surface area (Å²) >= 11 is 7.52. The molecule has 0 radical (unpaired) electrons. The molecule has 0 spiro atoms. The van der Waals surface area contributed by atoms with Crippen molar-refractivity contribution in [3.8, 4) is 0 Å². The summed E-state index contributed by atoms with van der Waals surface area (Å²) in [7, 11) is 0. The molecule has 1 heterocycles. The molecule has 0 unspecified atom stereocenters. The third-order valence-electron chi connectivity index (χ3n) is 3.52. The van der Waals surface area contributed by atoms with E-state index < -0.39 is 0 Å². The summed E-state index contributed by atoms with van der Waals surface area (Å²) < 4.78 is 0. The Labute approximate surface area is 128 Å². The Bertz CT molecular complexity index is 631. The molecule has 104 valence electrons. The number of thioether (sulfide) groups is 1. The molecule has 5 heteroatoms. The number of fused-ring (bicyclic) bond motifs is 1. The molecule has 1 aromatic heterocycles. The van der Waals surface area contributed by atoms with Crippen LogP contribution in [0, 0.1) is 0 Å². The van der Waals surface area contributed by atoms with Crippen LogP contribution in [-0.4, -0.2) is 16.2 Å². The predicted molar refractivity (Wildman–Crippen MR) is 85.2 cm³/mol. The fourth-order valence-electron chi connectivity index (χ4n) is 2.59. The van der Waals surface area contributed by atoms with Crippen molar-refractivity contribution in [1.29, 1.82) is 0 Å². The number of rotatable bonds is 3. The number of nitrogens with one attached hydrogen (secondary N) is 1. The largest absolute Gasteiger partial charge is 0.340 e. The minimum absolute atomic E-state index is 0.469. The van der Waals surface area contributed by atoms with Gasteiger partial charge in [0.15, 0.2) is 5.16 Å². The van der Waals surface area contributed by atoms with E-state index in [0.717, 1.165) is 17.9 Å². The first-order chi connectivity index (χ1) is 9.76. The molecule has 1 N–H and O–H groups in total. The lowest BCUT2D eigenvalue weighted by molar-refractivity contribution is 0.687. The lowest BCUT2D eigenvalue weighted by atomic mass is 9.90. The average Bonchev–Trinajstić information content (AvgIpc) is 2.47. The van der Waals surface area contributed by atoms with E-state index in [1.165, 1.54) is 42.2 Å². The first-order valence-electron chi connectivity index (χ1n) is 6.72. The third-order valence-corrected chi connectivity index (χ3v) is 4.26. The van der Waals surface area contributed by atoms with Crippen LogP contribution in [0.1, 0.15) is 24.0 Å². The Morgan fingerprint density at radius 1 is 1.20 bits per heavy atom. The number of hydrogen-bond acceptors (Lipinski definition) is 4. The standard InChI is InChI=1S/C15H16ClN3S/c1-20-15-18-13(16)9-14(19-15)17-12-8-4-6-10-5-2-3-7-11(10)12/h4,6,8-9H,2-3,5,7H2,1H3,(H,17,18,19). The first kappa shape index (κ1) is 13.7. The number of nitrogens with zero attached hydrogens (tertiary/aromatic N) is 2. The van der Waals surface area contributed by atoms with Gasteiger partial charge in [-0.2, -0.15) is 0 Å². The van der Waals surface area contributed by atoms with E-state index in [0.29, 0.717) is 10.3 Å². The lowest BCUT2D eigenvalue weighted by Crippen LogP contribution is -2.07. The zero-order valence-electron chi connectivity index (χ0n) is 11.3. The van der Waals surface area contributed by atoms with Crippen LogP contribution < -0.4 is 5.32 Å². The molecule has 2 aromatic rings. The molecule has 0 aliphatic heterocycles. The third kappa shape index (κ3) is 2.91. The van der Waals surface area contributed by atoms with Gasteiger partial charge in [0.25, 0.3) is 0 Å². The van der Waals surface area contributed by atoms with Crippen molar-refractivity contribution in [2.45, 2.75) is 30.8 Å². The molecule has 0 saturated heterocycles. The molecule has 1 aliphatic rings. The van der Waals surface area contributed by atoms with Crippen molar-refractivity contribution in [3.05, 3.63) is 40.5 Å². The topological polar surface area (TPSA) is 37.8 Å². The Morgan fingerprint density at radius 2 is 2.05 bits per heavy atom. The Kier molecular flexibility index (Phi) is 4.13. The van der Waals surface area contributed by atoms with Crippen LogP contribution in [0.25, 0.3) is 0 Å². The molecule has 0 saturated carbocycles. The molecule has 3 rings (SSSR count). The van der Waals surface area contributed by atoms with Crippen molar-refractivity contribution >= 4 is 34.9 Å². The van der Waals surface area contributed by atoms with E-state index in [1.807, 2.05) is 6.26 Å². The highest BCUT2D eigenvalue weighted by Gasteiger charge is 2.13. The van der Waals surface area contributed by atoms with Gasteiger partial charge in [-0.1, -0.05) is 35.5 Å². The van der Waals surface area contributed by atoms with Gasteiger partial charge < -0.3 is 5.32 Å². The van der Waals surface area contributed by atoms with Gasteiger partial charge in [0.05, 0.1) is 0 Å². The summed E-state index contributed by atoms with van der Waals surface area (Å²) in [4.78, 5) is 8.61. The predicted octanol–water partition coefficient (Wildman–Crippen LogP) is 4.47. The average molecular weight is 306 g/mol. The van der Waals surface area contributed by atoms with Crippen molar-refractivity contribution < 1.29 is 0 Å². The van der Waals surface area contributed by atoms with E-state index in [4.69, 9.17) is 11.6 Å². The van der Waals surface area contributed by atoms with Crippen molar-refractivity contribution in [3.63, 3.8) is 0 Å². The molecular formula is C15H16ClN3S. The monoisotopic (exact) mass is 305 g/mol. The van der Waals surface area contributed by atoms with Crippen LogP contribution in [0.4, 0.5) is 11.5 Å². The van der Waals surface area contributed by atoms with E-state index in [-0.39, 0.29) is 0 Å². The van der Waals surface area contributed by atoms with Crippen LogP contribution in [0.5, 0.6) is 0 Å². The van der Waals surface area contributed by atoms with Crippen LogP contribution in [0.3, 0.4) is 0 Å². The molecule has 20 heavy (non-hydrogen) atoms. The van der Waals surface area contributed by atoms with Gasteiger partial charge in [0, 0.05) is 11.8 Å². The molecular weight excluding hydrogens is 290 g/mol. The van der Waals surface area contributed by atoms with Gasteiger partial charge >= 0.3 is 0 Å². The Morgan fingerprint density at radius 3 is 2.90 bits per heavy atom. The van der Waals surface area contributed by atoms with Gasteiger partial charge in [-0.25, -0.2) is 9.97 Å². The summed E-state index contributed by atoms with van der Waals surface area (Å²) in [6.07, 6.45) is 6.79. The van der Waals surface area contributed by atoms with Gasteiger partial charge in [-0.15, -0.1) is 0 Å². The second-order valence-corrected chi connectivity index (χ2v) is 6.00. The first-order valence-corrected chi connectivity index (χ1v) is 8.33. The molecule has 3 nitrogen and oxygen atoms in total. The maximum absolute atomic E-state index is 6.03. The van der Waals surface area contributed by atoms with Gasteiger partial charge in [-0.3, -0.25) is 0 Å². The number of aromatic nitrogens is 2. The van der Waals surface area contributed by atoms with Crippen LogP contribution in [0.15, 0.2) is 29.4 Å². The maximum atomic E-state index is 6.03. The highest BCUT2D eigenvalue weighted by atomic mass is 35.5. The van der Waals surface area contributed by atoms with Crippen LogP contribution >= 0.6 is 23.4 Å². The molecule has 0 amide bonds. The summed E-state index contributed by atoms with van der Waals surface area (Å²) in [6, 6.07) is 8.20. The summed E-state index contributed by atoms with van der Waals surface area (Å²) in [5.41, 5.74) is 4.01. The lowest BCUT2D eigenvalue weighted by Gasteiger charge is -2.20. The quantitative estimate of drug-likeness (QED) is 0.515. The fourth-order valence-corrected chi connectivity index (χ4v) is 3.20. The minimum Gasteiger partial charge on any atom is -0.340 e. The normalized spacial score (nSPS) is 13.9. The van der Waals surface area contributed by atoms with Gasteiger partial charge in [0.1, 0.15) is 11.0 Å². The summed E-state index contributed by atoms with van der Waals surface area (Å²) in [5, 5.41) is 4.55. The molecule has 0 atom stereocenters. The summed E-state index contributed by atoms with van der Waals surface area (Å²) in [5.74, 6) is 0.758. The van der Waals surface area contributed by atoms with E-state index >= 15 is 0 Å². The molecule has 0 fully saturated rings. The molecule has 1 aliphatic carbocycles. The Balaban J connectivity index is 1.93. The smallest absolute Gasteiger partial charge is 0.190 e. The van der Waals surface area contributed by atoms with Crippen molar-refractivity contribution in [2.75, 3.05) is 11.6 Å². The number of aryl methyl sites for hydroxylation is 1.